The van der Waals surface area contributed by atoms with Crippen molar-refractivity contribution in [3.63, 3.8) is 0 Å². The molecule has 5 nitrogen and oxygen atoms in total. The van der Waals surface area contributed by atoms with Gasteiger partial charge in [-0.05, 0) is 42.0 Å². The Labute approximate surface area is 152 Å². The van der Waals surface area contributed by atoms with Crippen LogP contribution in [0, 0.1) is 5.82 Å². The zero-order chi connectivity index (χ0) is 17.9. The number of thiazole rings is 1. The molecule has 0 fully saturated rings. The number of ether oxygens (including phenoxy) is 2. The zero-order valence-corrected chi connectivity index (χ0v) is 14.3. The van der Waals surface area contributed by atoms with Crippen molar-refractivity contribution in [1.29, 1.82) is 0 Å². The van der Waals surface area contributed by atoms with Gasteiger partial charge < -0.3 is 9.47 Å². The Bertz CT molecular complexity index is 983. The lowest BCUT2D eigenvalue weighted by Crippen LogP contribution is -2.07. The standard InChI is InChI=1S/C19H13FN2O3S/c20-14-5-1-12(2-6-14)3-8-18(23)22-19-21-15(10-26-19)13-4-7-16-17(9-13)25-11-24-16/h1-10H,11H2,(H,21,22,23)/b8-3+. The van der Waals surface area contributed by atoms with Crippen molar-refractivity contribution >= 4 is 28.5 Å². The predicted octanol–water partition coefficient (Wildman–Crippen LogP) is 4.33. The lowest BCUT2D eigenvalue weighted by molar-refractivity contribution is -0.111. The van der Waals surface area contributed by atoms with Crippen LogP contribution in [0.2, 0.25) is 0 Å². The minimum atomic E-state index is -0.314. The first-order valence-corrected chi connectivity index (χ1v) is 8.65. The van der Waals surface area contributed by atoms with Gasteiger partial charge in [-0.3, -0.25) is 10.1 Å². The van der Waals surface area contributed by atoms with E-state index in [-0.39, 0.29) is 18.5 Å². The summed E-state index contributed by atoms with van der Waals surface area (Å²) in [5.74, 6) is 0.776. The number of hydrogen-bond donors (Lipinski definition) is 1. The highest BCUT2D eigenvalue weighted by Crippen LogP contribution is 2.36. The van der Waals surface area contributed by atoms with Crippen LogP contribution in [-0.2, 0) is 4.79 Å². The van der Waals surface area contributed by atoms with Gasteiger partial charge in [0.05, 0.1) is 5.69 Å². The molecule has 0 spiro atoms. The maximum absolute atomic E-state index is 12.9. The Hall–Kier alpha value is -3.19. The van der Waals surface area contributed by atoms with Crippen molar-refractivity contribution in [2.24, 2.45) is 0 Å². The lowest BCUT2D eigenvalue weighted by Gasteiger charge is -2.00. The van der Waals surface area contributed by atoms with Crippen molar-refractivity contribution in [2.45, 2.75) is 0 Å². The van der Waals surface area contributed by atoms with Crippen molar-refractivity contribution in [2.75, 3.05) is 12.1 Å². The second-order valence-electron chi connectivity index (χ2n) is 5.48. The monoisotopic (exact) mass is 368 g/mol. The fourth-order valence-corrected chi connectivity index (χ4v) is 3.14. The van der Waals surface area contributed by atoms with E-state index in [9.17, 15) is 9.18 Å². The number of amides is 1. The van der Waals surface area contributed by atoms with Gasteiger partial charge in [0.25, 0.3) is 0 Å². The van der Waals surface area contributed by atoms with E-state index in [1.807, 2.05) is 23.6 Å². The Morgan fingerprint density at radius 3 is 2.81 bits per heavy atom. The lowest BCUT2D eigenvalue weighted by atomic mass is 10.1. The van der Waals surface area contributed by atoms with Gasteiger partial charge in [-0.15, -0.1) is 11.3 Å². The highest BCUT2D eigenvalue weighted by molar-refractivity contribution is 7.14. The summed E-state index contributed by atoms with van der Waals surface area (Å²) in [6, 6.07) is 11.5. The molecule has 0 saturated heterocycles. The van der Waals surface area contributed by atoms with Gasteiger partial charge in [-0.1, -0.05) is 12.1 Å². The molecule has 4 rings (SSSR count). The number of hydrogen-bond acceptors (Lipinski definition) is 5. The second-order valence-corrected chi connectivity index (χ2v) is 6.34. The number of carbonyl (C=O) groups is 1. The molecule has 0 radical (unpaired) electrons. The van der Waals surface area contributed by atoms with Gasteiger partial charge in [0, 0.05) is 17.0 Å². The topological polar surface area (TPSA) is 60.5 Å². The maximum atomic E-state index is 12.9. The molecule has 1 amide bonds. The zero-order valence-electron chi connectivity index (χ0n) is 13.4. The Morgan fingerprint density at radius 2 is 1.96 bits per heavy atom. The summed E-state index contributed by atoms with van der Waals surface area (Å²) < 4.78 is 23.5. The molecule has 26 heavy (non-hydrogen) atoms. The summed E-state index contributed by atoms with van der Waals surface area (Å²) in [4.78, 5) is 16.4. The normalized spacial score (nSPS) is 12.5. The van der Waals surface area contributed by atoms with Crippen LogP contribution < -0.4 is 14.8 Å². The van der Waals surface area contributed by atoms with E-state index in [2.05, 4.69) is 10.3 Å². The Kier molecular flexibility index (Phi) is 4.37. The SMILES string of the molecule is O=C(/C=C/c1ccc(F)cc1)Nc1nc(-c2ccc3c(c2)OCO3)cs1. The second kappa shape index (κ2) is 6.97. The molecular weight excluding hydrogens is 355 g/mol. The summed E-state index contributed by atoms with van der Waals surface area (Å²) in [7, 11) is 0. The highest BCUT2D eigenvalue weighted by atomic mass is 32.1. The average molecular weight is 368 g/mol. The largest absolute Gasteiger partial charge is 0.454 e. The van der Waals surface area contributed by atoms with E-state index >= 15 is 0 Å². The number of aromatic nitrogens is 1. The van der Waals surface area contributed by atoms with E-state index in [0.29, 0.717) is 16.6 Å². The quantitative estimate of drug-likeness (QED) is 0.697. The number of fused-ring (bicyclic) bond motifs is 1. The van der Waals surface area contributed by atoms with Crippen molar-refractivity contribution in [3.05, 3.63) is 65.3 Å². The Balaban J connectivity index is 1.43. The number of halogens is 1. The number of nitrogens with one attached hydrogen (secondary N) is 1. The number of nitrogens with zero attached hydrogens (tertiary/aromatic N) is 1. The molecule has 0 atom stereocenters. The number of rotatable bonds is 4. The molecule has 0 saturated carbocycles. The van der Waals surface area contributed by atoms with E-state index in [1.54, 1.807) is 18.2 Å². The van der Waals surface area contributed by atoms with Gasteiger partial charge in [0.2, 0.25) is 12.7 Å². The van der Waals surface area contributed by atoms with E-state index in [0.717, 1.165) is 16.8 Å². The van der Waals surface area contributed by atoms with E-state index in [1.165, 1.54) is 29.5 Å². The molecule has 2 heterocycles. The van der Waals surface area contributed by atoms with Crippen LogP contribution in [0.1, 0.15) is 5.56 Å². The average Bonchev–Trinajstić information content (AvgIpc) is 3.29. The molecule has 1 aromatic heterocycles. The van der Waals surface area contributed by atoms with Gasteiger partial charge >= 0.3 is 0 Å². The summed E-state index contributed by atoms with van der Waals surface area (Å²) >= 11 is 1.33. The van der Waals surface area contributed by atoms with Crippen LogP contribution in [0.25, 0.3) is 17.3 Å². The Morgan fingerprint density at radius 1 is 1.15 bits per heavy atom. The minimum Gasteiger partial charge on any atom is -0.454 e. The minimum absolute atomic E-state index is 0.220. The van der Waals surface area contributed by atoms with Gasteiger partial charge in [0.15, 0.2) is 16.6 Å². The predicted molar refractivity (Wildman–Crippen MR) is 97.7 cm³/mol. The first-order chi connectivity index (χ1) is 12.7. The molecule has 0 aliphatic carbocycles. The van der Waals surface area contributed by atoms with Gasteiger partial charge in [-0.25, -0.2) is 9.37 Å². The van der Waals surface area contributed by atoms with Crippen LogP contribution in [0.15, 0.2) is 53.9 Å². The van der Waals surface area contributed by atoms with Gasteiger partial charge in [0.1, 0.15) is 5.82 Å². The summed E-state index contributed by atoms with van der Waals surface area (Å²) in [6.07, 6.45) is 3.00. The summed E-state index contributed by atoms with van der Waals surface area (Å²) in [6.45, 7) is 0.220. The smallest absolute Gasteiger partial charge is 0.250 e. The number of carbonyl (C=O) groups excluding carboxylic acids is 1. The van der Waals surface area contributed by atoms with Crippen LogP contribution in [0.5, 0.6) is 11.5 Å². The fourth-order valence-electron chi connectivity index (χ4n) is 2.41. The number of anilines is 1. The van der Waals surface area contributed by atoms with E-state index in [4.69, 9.17) is 9.47 Å². The summed E-state index contributed by atoms with van der Waals surface area (Å²) in [5.41, 5.74) is 2.36. The molecule has 0 unspecified atom stereocenters. The molecule has 1 aliphatic heterocycles. The maximum Gasteiger partial charge on any atom is 0.250 e. The molecule has 3 aromatic rings. The third-order valence-electron chi connectivity index (χ3n) is 3.70. The molecule has 0 bridgehead atoms. The molecule has 130 valence electrons. The first kappa shape index (κ1) is 16.3. The van der Waals surface area contributed by atoms with Crippen LogP contribution >= 0.6 is 11.3 Å². The molecular formula is C19H13FN2O3S. The fraction of sp³-hybridized carbons (Fsp3) is 0.0526. The summed E-state index contributed by atoms with van der Waals surface area (Å²) in [5, 5.41) is 5.07. The van der Waals surface area contributed by atoms with Crippen molar-refractivity contribution in [3.8, 4) is 22.8 Å². The van der Waals surface area contributed by atoms with Crippen LogP contribution in [-0.4, -0.2) is 17.7 Å². The van der Waals surface area contributed by atoms with E-state index < -0.39 is 0 Å². The molecule has 1 aliphatic rings. The van der Waals surface area contributed by atoms with Crippen LogP contribution in [0.3, 0.4) is 0 Å². The molecule has 2 aromatic carbocycles. The third kappa shape index (κ3) is 3.57. The van der Waals surface area contributed by atoms with Gasteiger partial charge in [-0.2, -0.15) is 0 Å². The highest BCUT2D eigenvalue weighted by Gasteiger charge is 2.15. The third-order valence-corrected chi connectivity index (χ3v) is 4.46. The number of benzene rings is 2. The first-order valence-electron chi connectivity index (χ1n) is 7.77. The van der Waals surface area contributed by atoms with Crippen molar-refractivity contribution < 1.29 is 18.7 Å². The van der Waals surface area contributed by atoms with Crippen molar-refractivity contribution in [1.82, 2.24) is 4.98 Å². The molecule has 1 N–H and O–H groups in total. The molecule has 7 heteroatoms. The van der Waals surface area contributed by atoms with Crippen LogP contribution in [0.4, 0.5) is 9.52 Å².